The average Bonchev–Trinajstić information content (AvgIpc) is 3.35. The third-order valence-corrected chi connectivity index (χ3v) is 13.3. The highest BCUT2D eigenvalue weighted by Gasteiger charge is 2.22. The number of unbranched alkanes of at least 4 members (excludes halogenated alkanes) is 23. The molecule has 0 aliphatic rings. The summed E-state index contributed by atoms with van der Waals surface area (Å²) < 4.78 is 34.1. The lowest BCUT2D eigenvalue weighted by atomic mass is 10.0. The van der Waals surface area contributed by atoms with Gasteiger partial charge in [0.1, 0.15) is 19.8 Å². The lowest BCUT2D eigenvalue weighted by Crippen LogP contribution is -2.37. The van der Waals surface area contributed by atoms with E-state index in [1.165, 1.54) is 109 Å². The predicted octanol–water partition coefficient (Wildman–Crippen LogP) is 17.8. The van der Waals surface area contributed by atoms with E-state index in [0.29, 0.717) is 17.4 Å². The summed E-state index contributed by atoms with van der Waals surface area (Å²) in [6.07, 6.45) is 73.1. The maximum atomic E-state index is 12.8. The van der Waals surface area contributed by atoms with Crippen LogP contribution in [0.15, 0.2) is 97.2 Å². The molecule has 10 heteroatoms. The van der Waals surface area contributed by atoms with E-state index < -0.39 is 26.5 Å². The van der Waals surface area contributed by atoms with E-state index in [2.05, 4.69) is 111 Å². The summed E-state index contributed by atoms with van der Waals surface area (Å²) in [4.78, 5) is 37.8. The average molecular weight is 1040 g/mol. The highest BCUT2D eigenvalue weighted by atomic mass is 31.2. The molecule has 0 aliphatic carbocycles. The Balaban J connectivity index is 4.17. The second-order valence-electron chi connectivity index (χ2n) is 20.6. The first-order valence-electron chi connectivity index (χ1n) is 29.4. The Morgan fingerprint density at radius 2 is 0.781 bits per heavy atom. The molecule has 0 heterocycles. The van der Waals surface area contributed by atoms with Crippen molar-refractivity contribution in [3.8, 4) is 0 Å². The molecule has 0 spiro atoms. The zero-order valence-corrected chi connectivity index (χ0v) is 48.4. The van der Waals surface area contributed by atoms with Crippen molar-refractivity contribution in [3.05, 3.63) is 97.2 Å². The number of rotatable bonds is 53. The SMILES string of the molecule is CC/C=C\C/C=C\C/C=C\C/C=C\C/C=C\C/C=C\C/C=C\C/C=C\CCCCCCCCCCC(=O)OC(COC(=O)CCCCCCCCCCCCCCCCCC)COP(=O)([O-])OCC[N+](C)(C)C. The maximum Gasteiger partial charge on any atom is 0.306 e. The number of ether oxygens (including phenoxy) is 2. The highest BCUT2D eigenvalue weighted by molar-refractivity contribution is 7.45. The quantitative estimate of drug-likeness (QED) is 0.0195. The van der Waals surface area contributed by atoms with Crippen molar-refractivity contribution >= 4 is 19.8 Å². The fraction of sp³-hybridized carbons (Fsp3) is 0.714. The third kappa shape index (κ3) is 58.1. The van der Waals surface area contributed by atoms with Crippen LogP contribution in [0.4, 0.5) is 0 Å². The molecule has 0 saturated carbocycles. The van der Waals surface area contributed by atoms with Gasteiger partial charge in [-0.2, -0.15) is 0 Å². The Kier molecular flexibility index (Phi) is 51.5. The Hall–Kier alpha value is -3.07. The van der Waals surface area contributed by atoms with Crippen LogP contribution in [-0.2, 0) is 32.7 Å². The standard InChI is InChI=1S/C63H110NO8P/c1-6-8-10-12-14-16-18-20-22-24-25-26-27-28-29-30-31-32-33-34-35-36-37-38-39-40-42-44-46-48-50-52-54-56-63(66)72-61(60-71-73(67,68)70-58-57-64(3,4)5)59-69-62(65)55-53-51-49-47-45-43-41-23-21-19-17-15-13-11-9-7-2/h8,10,14,16,20,22,25-26,28-29,31-32,34-35,37-38,61H,6-7,9,11-13,15,17-19,21,23-24,27,30,33,36,39-60H2,1-5H3/b10-8-,16-14-,22-20-,26-25-,29-28-,32-31-,35-34-,38-37-. The highest BCUT2D eigenvalue weighted by Crippen LogP contribution is 2.38. The Morgan fingerprint density at radius 1 is 0.438 bits per heavy atom. The Bertz CT molecular complexity index is 1550. The smallest absolute Gasteiger partial charge is 0.306 e. The van der Waals surface area contributed by atoms with Gasteiger partial charge < -0.3 is 27.9 Å². The molecule has 0 aromatic carbocycles. The first-order chi connectivity index (χ1) is 35.5. The fourth-order valence-electron chi connectivity index (χ4n) is 7.85. The lowest BCUT2D eigenvalue weighted by Gasteiger charge is -2.28. The monoisotopic (exact) mass is 1040 g/mol. The number of carbonyl (C=O) groups excluding carboxylic acids is 2. The van der Waals surface area contributed by atoms with Crippen LogP contribution in [0.1, 0.15) is 239 Å². The van der Waals surface area contributed by atoms with Crippen LogP contribution in [0.2, 0.25) is 0 Å². The van der Waals surface area contributed by atoms with Crippen molar-refractivity contribution in [3.63, 3.8) is 0 Å². The van der Waals surface area contributed by atoms with Crippen molar-refractivity contribution in [2.24, 2.45) is 0 Å². The Labute approximate surface area is 449 Å². The molecule has 0 saturated heterocycles. The minimum atomic E-state index is -4.64. The van der Waals surface area contributed by atoms with E-state index in [-0.39, 0.29) is 32.0 Å². The topological polar surface area (TPSA) is 111 Å². The minimum absolute atomic E-state index is 0.0356. The number of phosphoric acid groups is 1. The first-order valence-corrected chi connectivity index (χ1v) is 30.9. The van der Waals surface area contributed by atoms with Gasteiger partial charge in [0.25, 0.3) is 7.82 Å². The summed E-state index contributed by atoms with van der Waals surface area (Å²) >= 11 is 0. The summed E-state index contributed by atoms with van der Waals surface area (Å²) in [5.41, 5.74) is 0. The van der Waals surface area contributed by atoms with Gasteiger partial charge in [-0.1, -0.05) is 246 Å². The zero-order valence-electron chi connectivity index (χ0n) is 47.6. The van der Waals surface area contributed by atoms with Crippen LogP contribution in [0.3, 0.4) is 0 Å². The predicted molar refractivity (Wildman–Crippen MR) is 309 cm³/mol. The molecule has 0 N–H and O–H groups in total. The molecule has 2 atom stereocenters. The summed E-state index contributed by atoms with van der Waals surface area (Å²) in [5.74, 6) is -0.841. The van der Waals surface area contributed by atoms with Crippen LogP contribution < -0.4 is 4.89 Å². The molecule has 0 aromatic heterocycles. The first kappa shape index (κ1) is 69.9. The molecule has 9 nitrogen and oxygen atoms in total. The zero-order chi connectivity index (χ0) is 53.5. The largest absolute Gasteiger partial charge is 0.756 e. The molecule has 0 aromatic rings. The van der Waals surface area contributed by atoms with E-state index in [1.54, 1.807) is 0 Å². The van der Waals surface area contributed by atoms with E-state index in [0.717, 1.165) is 96.3 Å². The number of quaternary nitrogens is 1. The second kappa shape index (κ2) is 53.7. The molecule has 0 amide bonds. The van der Waals surface area contributed by atoms with Crippen LogP contribution >= 0.6 is 7.82 Å². The van der Waals surface area contributed by atoms with Gasteiger partial charge in [-0.3, -0.25) is 14.2 Å². The van der Waals surface area contributed by atoms with Crippen molar-refractivity contribution in [1.82, 2.24) is 0 Å². The van der Waals surface area contributed by atoms with Crippen molar-refractivity contribution in [1.29, 1.82) is 0 Å². The van der Waals surface area contributed by atoms with E-state index >= 15 is 0 Å². The summed E-state index contributed by atoms with van der Waals surface area (Å²) in [6.45, 7) is 4.12. The minimum Gasteiger partial charge on any atom is -0.756 e. The van der Waals surface area contributed by atoms with Gasteiger partial charge >= 0.3 is 11.9 Å². The van der Waals surface area contributed by atoms with Gasteiger partial charge in [0.15, 0.2) is 6.10 Å². The number of hydrogen-bond acceptors (Lipinski definition) is 8. The van der Waals surface area contributed by atoms with E-state index in [4.69, 9.17) is 18.5 Å². The van der Waals surface area contributed by atoms with E-state index in [9.17, 15) is 19.0 Å². The van der Waals surface area contributed by atoms with Gasteiger partial charge in [0.2, 0.25) is 0 Å². The molecule has 2 unspecified atom stereocenters. The molecular formula is C63H110NO8P. The van der Waals surface area contributed by atoms with Crippen molar-refractivity contribution < 1.29 is 42.1 Å². The molecular weight excluding hydrogens is 930 g/mol. The second-order valence-corrected chi connectivity index (χ2v) is 22.0. The maximum absolute atomic E-state index is 12.8. The number of allylic oxidation sites excluding steroid dienone is 16. The number of esters is 2. The van der Waals surface area contributed by atoms with Gasteiger partial charge in [-0.05, 0) is 77.0 Å². The summed E-state index contributed by atoms with van der Waals surface area (Å²) in [7, 11) is 1.15. The van der Waals surface area contributed by atoms with Crippen LogP contribution in [0.5, 0.6) is 0 Å². The number of likely N-dealkylation sites (N-methyl/N-ethyl adjacent to an activating group) is 1. The van der Waals surface area contributed by atoms with Crippen molar-refractivity contribution in [2.45, 2.75) is 245 Å². The molecule has 0 fully saturated rings. The van der Waals surface area contributed by atoms with Gasteiger partial charge in [-0.15, -0.1) is 0 Å². The lowest BCUT2D eigenvalue weighted by molar-refractivity contribution is -0.870. The molecule has 0 rings (SSSR count). The van der Waals surface area contributed by atoms with Crippen LogP contribution in [-0.4, -0.2) is 70.0 Å². The van der Waals surface area contributed by atoms with E-state index in [1.807, 2.05) is 21.1 Å². The number of phosphoric ester groups is 1. The van der Waals surface area contributed by atoms with Gasteiger partial charge in [0.05, 0.1) is 27.7 Å². The van der Waals surface area contributed by atoms with Crippen LogP contribution in [0.25, 0.3) is 0 Å². The summed E-state index contributed by atoms with van der Waals surface area (Å²) in [6, 6.07) is 0. The summed E-state index contributed by atoms with van der Waals surface area (Å²) in [5, 5.41) is 0. The number of hydrogen-bond donors (Lipinski definition) is 0. The molecule has 0 radical (unpaired) electrons. The third-order valence-electron chi connectivity index (χ3n) is 12.4. The van der Waals surface area contributed by atoms with Crippen molar-refractivity contribution in [2.75, 3.05) is 47.5 Å². The van der Waals surface area contributed by atoms with Gasteiger partial charge in [-0.25, -0.2) is 0 Å². The molecule has 0 bridgehead atoms. The fourth-order valence-corrected chi connectivity index (χ4v) is 8.58. The normalized spacial score (nSPS) is 14.0. The van der Waals surface area contributed by atoms with Gasteiger partial charge in [0, 0.05) is 12.8 Å². The molecule has 0 aliphatic heterocycles. The van der Waals surface area contributed by atoms with Crippen LogP contribution in [0, 0.1) is 0 Å². The Morgan fingerprint density at radius 3 is 1.16 bits per heavy atom. The number of carbonyl (C=O) groups is 2. The molecule has 420 valence electrons. The number of nitrogens with zero attached hydrogens (tertiary/aromatic N) is 1. The molecule has 73 heavy (non-hydrogen) atoms.